The van der Waals surface area contributed by atoms with Crippen LogP contribution in [0.25, 0.3) is 0 Å². The Labute approximate surface area is 158 Å². The van der Waals surface area contributed by atoms with Crippen molar-refractivity contribution in [3.05, 3.63) is 59.9 Å². The van der Waals surface area contributed by atoms with E-state index in [1.165, 1.54) is 16.4 Å². The van der Waals surface area contributed by atoms with Crippen molar-refractivity contribution in [2.45, 2.75) is 24.7 Å². The Kier molecular flexibility index (Phi) is 4.31. The second-order valence-electron chi connectivity index (χ2n) is 7.52. The molecule has 1 saturated carbocycles. The zero-order chi connectivity index (χ0) is 19.2. The number of anilines is 1. The molecule has 0 bridgehead atoms. The molecule has 4 rings (SSSR count). The lowest BCUT2D eigenvalue weighted by Gasteiger charge is -2.17. The first-order chi connectivity index (χ1) is 12.8. The molecule has 27 heavy (non-hydrogen) atoms. The number of sulfonamides is 1. The number of hydrogen-bond donors (Lipinski definition) is 1. The molecule has 7 heteroatoms. The summed E-state index contributed by atoms with van der Waals surface area (Å²) in [5.41, 5.74) is 1.13. The summed E-state index contributed by atoms with van der Waals surface area (Å²) >= 11 is 0. The van der Waals surface area contributed by atoms with E-state index >= 15 is 0 Å². The van der Waals surface area contributed by atoms with Gasteiger partial charge in [-0.2, -0.15) is 4.31 Å². The maximum Gasteiger partial charge on any atom is 0.243 e. The highest BCUT2D eigenvalue weighted by Crippen LogP contribution is 2.59. The molecule has 142 valence electrons. The number of benzene rings is 2. The Balaban J connectivity index is 1.44. The van der Waals surface area contributed by atoms with Crippen LogP contribution in [0.5, 0.6) is 0 Å². The average Bonchev–Trinajstić information content (AvgIpc) is 3.14. The normalized spacial score (nSPS) is 24.9. The number of amides is 1. The summed E-state index contributed by atoms with van der Waals surface area (Å²) < 4.78 is 40.5. The highest BCUT2D eigenvalue weighted by atomic mass is 32.2. The van der Waals surface area contributed by atoms with Crippen LogP contribution in [0.15, 0.2) is 53.4 Å². The van der Waals surface area contributed by atoms with Crippen LogP contribution in [0.3, 0.4) is 0 Å². The molecule has 0 unspecified atom stereocenters. The quantitative estimate of drug-likeness (QED) is 0.875. The Morgan fingerprint density at radius 1 is 1.22 bits per heavy atom. The molecule has 1 aliphatic heterocycles. The number of halogens is 1. The van der Waals surface area contributed by atoms with Gasteiger partial charge in [0.15, 0.2) is 0 Å². The van der Waals surface area contributed by atoms with E-state index in [2.05, 4.69) is 5.32 Å². The highest BCUT2D eigenvalue weighted by molar-refractivity contribution is 7.89. The molecule has 1 amide bonds. The minimum atomic E-state index is -3.55. The van der Waals surface area contributed by atoms with Gasteiger partial charge in [-0.3, -0.25) is 4.79 Å². The van der Waals surface area contributed by atoms with Gasteiger partial charge >= 0.3 is 0 Å². The van der Waals surface area contributed by atoms with Crippen LogP contribution in [0.2, 0.25) is 0 Å². The van der Waals surface area contributed by atoms with Gasteiger partial charge in [0.05, 0.1) is 4.90 Å². The molecule has 2 aromatic rings. The molecule has 5 nitrogen and oxygen atoms in total. The van der Waals surface area contributed by atoms with Crippen LogP contribution in [-0.2, 0) is 14.8 Å². The average molecular weight is 388 g/mol. The second-order valence-corrected chi connectivity index (χ2v) is 9.46. The van der Waals surface area contributed by atoms with Crippen molar-refractivity contribution in [3.63, 3.8) is 0 Å². The van der Waals surface area contributed by atoms with Crippen molar-refractivity contribution in [2.75, 3.05) is 18.4 Å². The van der Waals surface area contributed by atoms with Gasteiger partial charge in [0, 0.05) is 24.7 Å². The Morgan fingerprint density at radius 2 is 1.96 bits per heavy atom. The van der Waals surface area contributed by atoms with Gasteiger partial charge in [0.25, 0.3) is 0 Å². The molecule has 2 aliphatic rings. The lowest BCUT2D eigenvalue weighted by atomic mass is 10.0. The molecule has 0 radical (unpaired) electrons. The zero-order valence-corrected chi connectivity index (χ0v) is 15.8. The van der Waals surface area contributed by atoms with Crippen molar-refractivity contribution in [2.24, 2.45) is 11.3 Å². The number of carbonyl (C=O) groups is 1. The van der Waals surface area contributed by atoms with Crippen LogP contribution in [-0.4, -0.2) is 31.7 Å². The van der Waals surface area contributed by atoms with E-state index < -0.39 is 15.8 Å². The topological polar surface area (TPSA) is 66.5 Å². The van der Waals surface area contributed by atoms with Gasteiger partial charge in [-0.1, -0.05) is 23.8 Å². The lowest BCUT2D eigenvalue weighted by Crippen LogP contribution is -2.30. The standard InChI is InChI=1S/C20H21FN2O3S/c1-14-5-7-17(8-6-14)27(25,26)23-10-9-20(13-23)12-18(20)19(24)22-16-4-2-3-15(21)11-16/h2-8,11,18H,9-10,12-13H2,1H3,(H,22,24)/t18-,20-/m1/s1. The molecular weight excluding hydrogens is 367 g/mol. The summed E-state index contributed by atoms with van der Waals surface area (Å²) in [6, 6.07) is 12.6. The van der Waals surface area contributed by atoms with E-state index in [0.717, 1.165) is 5.56 Å². The van der Waals surface area contributed by atoms with Crippen molar-refractivity contribution in [1.82, 2.24) is 4.31 Å². The first-order valence-electron chi connectivity index (χ1n) is 8.93. The number of carbonyl (C=O) groups excluding carboxylic acids is 1. The molecule has 0 aromatic heterocycles. The molecule has 2 atom stereocenters. The van der Waals surface area contributed by atoms with E-state index in [0.29, 0.717) is 31.6 Å². The first-order valence-corrected chi connectivity index (χ1v) is 10.4. The fraction of sp³-hybridized carbons (Fsp3) is 0.350. The zero-order valence-electron chi connectivity index (χ0n) is 15.0. The number of rotatable bonds is 4. The third-order valence-electron chi connectivity index (χ3n) is 5.61. The Bertz CT molecular complexity index is 991. The number of hydrogen-bond acceptors (Lipinski definition) is 3. The summed E-state index contributed by atoms with van der Waals surface area (Å²) in [6.07, 6.45) is 1.33. The number of aryl methyl sites for hydroxylation is 1. The van der Waals surface area contributed by atoms with Crippen LogP contribution >= 0.6 is 0 Å². The van der Waals surface area contributed by atoms with Gasteiger partial charge < -0.3 is 5.32 Å². The van der Waals surface area contributed by atoms with Crippen molar-refractivity contribution < 1.29 is 17.6 Å². The van der Waals surface area contributed by atoms with Crippen molar-refractivity contribution >= 4 is 21.6 Å². The van der Waals surface area contributed by atoms with Gasteiger partial charge in [0.1, 0.15) is 5.82 Å². The molecular formula is C20H21FN2O3S. The summed E-state index contributed by atoms with van der Waals surface area (Å²) in [5, 5.41) is 2.74. The van der Waals surface area contributed by atoms with Crippen molar-refractivity contribution in [3.8, 4) is 0 Å². The van der Waals surface area contributed by atoms with E-state index in [1.807, 2.05) is 6.92 Å². The predicted octanol–water partition coefficient (Wildman–Crippen LogP) is 3.17. The third kappa shape index (κ3) is 3.37. The van der Waals surface area contributed by atoms with E-state index in [4.69, 9.17) is 0 Å². The van der Waals surface area contributed by atoms with E-state index in [-0.39, 0.29) is 22.1 Å². The maximum atomic E-state index is 13.3. The Morgan fingerprint density at radius 3 is 2.67 bits per heavy atom. The molecule has 1 spiro atoms. The van der Waals surface area contributed by atoms with Crippen LogP contribution in [0, 0.1) is 24.1 Å². The van der Waals surface area contributed by atoms with Crippen LogP contribution in [0.4, 0.5) is 10.1 Å². The smallest absolute Gasteiger partial charge is 0.243 e. The SMILES string of the molecule is Cc1ccc(S(=O)(=O)N2CC[C@@]3(C[C@@H]3C(=O)Nc3cccc(F)c3)C2)cc1. The largest absolute Gasteiger partial charge is 0.326 e. The summed E-state index contributed by atoms with van der Waals surface area (Å²) in [6.45, 7) is 2.68. The Hall–Kier alpha value is -2.25. The van der Waals surface area contributed by atoms with Gasteiger partial charge in [-0.25, -0.2) is 12.8 Å². The minimum absolute atomic E-state index is 0.171. The monoisotopic (exact) mass is 388 g/mol. The van der Waals surface area contributed by atoms with Crippen LogP contribution < -0.4 is 5.32 Å². The molecule has 1 heterocycles. The molecule has 1 N–H and O–H groups in total. The van der Waals surface area contributed by atoms with E-state index in [9.17, 15) is 17.6 Å². The van der Waals surface area contributed by atoms with Gasteiger partial charge in [-0.15, -0.1) is 0 Å². The van der Waals surface area contributed by atoms with Gasteiger partial charge in [-0.05, 0) is 55.5 Å². The number of nitrogens with zero attached hydrogens (tertiary/aromatic N) is 1. The molecule has 1 aliphatic carbocycles. The first kappa shape index (κ1) is 18.1. The highest BCUT2D eigenvalue weighted by Gasteiger charge is 2.62. The number of nitrogens with one attached hydrogen (secondary N) is 1. The molecule has 2 aromatic carbocycles. The third-order valence-corrected chi connectivity index (χ3v) is 7.47. The van der Waals surface area contributed by atoms with Crippen molar-refractivity contribution in [1.29, 1.82) is 0 Å². The molecule has 1 saturated heterocycles. The fourth-order valence-corrected chi connectivity index (χ4v) is 5.42. The van der Waals surface area contributed by atoms with E-state index in [1.54, 1.807) is 36.4 Å². The predicted molar refractivity (Wildman–Crippen MR) is 100 cm³/mol. The maximum absolute atomic E-state index is 13.3. The summed E-state index contributed by atoms with van der Waals surface area (Å²) in [4.78, 5) is 12.8. The fourth-order valence-electron chi connectivity index (χ4n) is 3.89. The lowest BCUT2D eigenvalue weighted by molar-refractivity contribution is -0.118. The summed E-state index contributed by atoms with van der Waals surface area (Å²) in [7, 11) is -3.55. The summed E-state index contributed by atoms with van der Waals surface area (Å²) in [5.74, 6) is -0.816. The second kappa shape index (κ2) is 6.42. The van der Waals surface area contributed by atoms with Crippen LogP contribution in [0.1, 0.15) is 18.4 Å². The minimum Gasteiger partial charge on any atom is -0.326 e. The molecule has 2 fully saturated rings. The van der Waals surface area contributed by atoms with Gasteiger partial charge in [0.2, 0.25) is 15.9 Å².